The Balaban J connectivity index is 3.45. The minimum Gasteiger partial charge on any atom is -0.389 e. The van der Waals surface area contributed by atoms with Gasteiger partial charge in [0.1, 0.15) is 6.61 Å². The zero-order chi connectivity index (χ0) is 17.7. The predicted molar refractivity (Wildman–Crippen MR) is 104 cm³/mol. The van der Waals surface area contributed by atoms with Gasteiger partial charge < -0.3 is 5.11 Å². The number of allylic oxidation sites excluding steroid dienone is 6. The van der Waals surface area contributed by atoms with E-state index in [-0.39, 0.29) is 12.4 Å². The van der Waals surface area contributed by atoms with E-state index in [1.54, 1.807) is 0 Å². The summed E-state index contributed by atoms with van der Waals surface area (Å²) in [5.74, 6) is 6.01. The number of aliphatic hydroxyl groups excluding tert-OH is 1. The second-order valence-corrected chi connectivity index (χ2v) is 5.84. The molecule has 0 heterocycles. The molecule has 0 radical (unpaired) electrons. The molecule has 0 rings (SSSR count). The summed E-state index contributed by atoms with van der Waals surface area (Å²) in [6.45, 7) is 1.89. The van der Waals surface area contributed by atoms with Crippen LogP contribution in [0.25, 0.3) is 0 Å². The third kappa shape index (κ3) is 18.5. The molecule has 1 N–H and O–H groups in total. The van der Waals surface area contributed by atoms with Crippen molar-refractivity contribution in [3.05, 3.63) is 36.5 Å². The van der Waals surface area contributed by atoms with E-state index in [2.05, 4.69) is 55.2 Å². The molecule has 24 heavy (non-hydrogen) atoms. The van der Waals surface area contributed by atoms with Gasteiger partial charge in [-0.15, -0.1) is 5.92 Å². The maximum absolute atomic E-state index is 10.9. The predicted octanol–water partition coefficient (Wildman–Crippen LogP) is 5.53. The number of unbranched alkanes of at least 4 members (excludes halogenated alkanes) is 5. The lowest BCUT2D eigenvalue weighted by Gasteiger charge is -1.93. The van der Waals surface area contributed by atoms with Crippen LogP contribution in [-0.4, -0.2) is 17.5 Å². The largest absolute Gasteiger partial charge is 0.389 e. The molecule has 0 spiro atoms. The van der Waals surface area contributed by atoms with Crippen molar-refractivity contribution in [1.29, 1.82) is 0 Å². The first-order valence-corrected chi connectivity index (χ1v) is 9.34. The van der Waals surface area contributed by atoms with Crippen molar-refractivity contribution in [2.24, 2.45) is 0 Å². The molecular weight excluding hydrogens is 296 g/mol. The van der Waals surface area contributed by atoms with Gasteiger partial charge in [-0.2, -0.15) is 0 Å². The summed E-state index contributed by atoms with van der Waals surface area (Å²) < 4.78 is 0. The first-order valence-electron chi connectivity index (χ1n) is 9.34. The van der Waals surface area contributed by atoms with Crippen LogP contribution in [0.15, 0.2) is 36.5 Å². The van der Waals surface area contributed by atoms with Crippen molar-refractivity contribution in [3.63, 3.8) is 0 Å². The van der Waals surface area contributed by atoms with Gasteiger partial charge in [-0.1, -0.05) is 68.6 Å². The second-order valence-electron chi connectivity index (χ2n) is 5.84. The van der Waals surface area contributed by atoms with Crippen molar-refractivity contribution >= 4 is 5.78 Å². The van der Waals surface area contributed by atoms with Gasteiger partial charge >= 0.3 is 0 Å². The molecule has 0 amide bonds. The van der Waals surface area contributed by atoms with Gasteiger partial charge in [0.05, 0.1) is 0 Å². The van der Waals surface area contributed by atoms with Gasteiger partial charge in [-0.25, -0.2) is 0 Å². The summed E-state index contributed by atoms with van der Waals surface area (Å²) in [5.41, 5.74) is 0. The molecule has 0 aromatic rings. The number of Topliss-reactive ketones (excluding diaryl/α,β-unsaturated/α-hetero) is 1. The van der Waals surface area contributed by atoms with Crippen LogP contribution in [-0.2, 0) is 4.79 Å². The monoisotopic (exact) mass is 330 g/mol. The van der Waals surface area contributed by atoms with Crippen molar-refractivity contribution in [3.8, 4) is 11.8 Å². The summed E-state index contributed by atoms with van der Waals surface area (Å²) in [5, 5.41) is 8.57. The Morgan fingerprint density at radius 3 is 2.29 bits per heavy atom. The van der Waals surface area contributed by atoms with E-state index in [1.807, 2.05) is 0 Å². The molecule has 0 aromatic carbocycles. The molecule has 0 aliphatic heterocycles. The zero-order valence-corrected chi connectivity index (χ0v) is 15.3. The summed E-state index contributed by atoms with van der Waals surface area (Å²) >= 11 is 0. The van der Waals surface area contributed by atoms with Crippen molar-refractivity contribution in [2.75, 3.05) is 6.61 Å². The van der Waals surface area contributed by atoms with Crippen LogP contribution in [0.4, 0.5) is 0 Å². The highest BCUT2D eigenvalue weighted by Crippen LogP contribution is 2.03. The van der Waals surface area contributed by atoms with Gasteiger partial charge in [0.15, 0.2) is 5.78 Å². The number of carbonyl (C=O) groups is 1. The molecule has 0 saturated carbocycles. The average molecular weight is 331 g/mol. The molecule has 134 valence electrons. The Hall–Kier alpha value is -1.59. The third-order valence-electron chi connectivity index (χ3n) is 3.55. The highest BCUT2D eigenvalue weighted by Gasteiger charge is 1.96. The van der Waals surface area contributed by atoms with Crippen LogP contribution in [0.2, 0.25) is 0 Å². The molecule has 0 bridgehead atoms. The van der Waals surface area contributed by atoms with Crippen LogP contribution in [0.3, 0.4) is 0 Å². The highest BCUT2D eigenvalue weighted by molar-refractivity contribution is 5.79. The Morgan fingerprint density at radius 2 is 1.58 bits per heavy atom. The Bertz CT molecular complexity index is 433. The van der Waals surface area contributed by atoms with Crippen LogP contribution >= 0.6 is 0 Å². The van der Waals surface area contributed by atoms with E-state index >= 15 is 0 Å². The molecule has 0 unspecified atom stereocenters. The van der Waals surface area contributed by atoms with E-state index in [0.29, 0.717) is 6.42 Å². The van der Waals surface area contributed by atoms with Crippen LogP contribution in [0.1, 0.15) is 77.6 Å². The van der Waals surface area contributed by atoms with Gasteiger partial charge in [0, 0.05) is 19.3 Å². The molecule has 0 saturated heterocycles. The fourth-order valence-electron chi connectivity index (χ4n) is 2.10. The average Bonchev–Trinajstić information content (AvgIpc) is 2.60. The lowest BCUT2D eigenvalue weighted by Crippen LogP contribution is -2.02. The topological polar surface area (TPSA) is 37.3 Å². The van der Waals surface area contributed by atoms with Gasteiger partial charge in [0.25, 0.3) is 0 Å². The Kier molecular flexibility index (Phi) is 18.2. The number of ketones is 1. The molecule has 0 fully saturated rings. The Morgan fingerprint density at radius 1 is 0.875 bits per heavy atom. The minimum atomic E-state index is -0.349. The van der Waals surface area contributed by atoms with Crippen molar-refractivity contribution < 1.29 is 9.90 Å². The quantitative estimate of drug-likeness (QED) is 0.258. The minimum absolute atomic E-state index is 0.102. The maximum Gasteiger partial charge on any atom is 0.158 e. The van der Waals surface area contributed by atoms with E-state index in [1.165, 1.54) is 32.1 Å². The van der Waals surface area contributed by atoms with Gasteiger partial charge in [0.2, 0.25) is 0 Å². The lowest BCUT2D eigenvalue weighted by atomic mass is 10.1. The molecule has 0 aliphatic rings. The summed E-state index contributed by atoms with van der Waals surface area (Å²) in [6.07, 6.45) is 24.3. The van der Waals surface area contributed by atoms with Crippen LogP contribution < -0.4 is 0 Å². The number of hydrogen-bond acceptors (Lipinski definition) is 2. The zero-order valence-electron chi connectivity index (χ0n) is 15.3. The number of aliphatic hydroxyl groups is 1. The maximum atomic E-state index is 10.9. The standard InChI is InChI=1S/C22H34O2/c1-2-3-4-5-6-7-8-9-10-11-12-13-14-15-16-17-18-19-20-22(24)21-23/h7-8,10-11,13-14,23H,2-6,9,12,15,18-21H2,1H3/b8-7+,11-10+,14-13+. The summed E-state index contributed by atoms with van der Waals surface area (Å²) in [7, 11) is 0. The molecule has 2 heteroatoms. The first kappa shape index (κ1) is 22.4. The molecule has 0 aromatic heterocycles. The third-order valence-corrected chi connectivity index (χ3v) is 3.55. The van der Waals surface area contributed by atoms with Crippen LogP contribution in [0.5, 0.6) is 0 Å². The molecular formula is C22H34O2. The lowest BCUT2D eigenvalue weighted by molar-refractivity contribution is -0.121. The van der Waals surface area contributed by atoms with E-state index in [4.69, 9.17) is 5.11 Å². The van der Waals surface area contributed by atoms with Gasteiger partial charge in [-0.3, -0.25) is 4.79 Å². The summed E-state index contributed by atoms with van der Waals surface area (Å²) in [4.78, 5) is 10.9. The number of hydrogen-bond donors (Lipinski definition) is 1. The SMILES string of the molecule is CCCCCC/C=C/C/C=C/C/C=C/CC#CCCCC(=O)CO. The molecule has 0 atom stereocenters. The summed E-state index contributed by atoms with van der Waals surface area (Å²) in [6, 6.07) is 0. The highest BCUT2D eigenvalue weighted by atomic mass is 16.3. The van der Waals surface area contributed by atoms with E-state index < -0.39 is 0 Å². The van der Waals surface area contributed by atoms with Crippen molar-refractivity contribution in [2.45, 2.75) is 77.6 Å². The number of carbonyl (C=O) groups excluding carboxylic acids is 1. The smallest absolute Gasteiger partial charge is 0.158 e. The van der Waals surface area contributed by atoms with E-state index in [0.717, 1.165) is 32.1 Å². The first-order chi connectivity index (χ1) is 11.8. The second kappa shape index (κ2) is 19.5. The van der Waals surface area contributed by atoms with Gasteiger partial charge in [-0.05, 0) is 32.1 Å². The number of rotatable bonds is 14. The van der Waals surface area contributed by atoms with Crippen molar-refractivity contribution in [1.82, 2.24) is 0 Å². The molecule has 0 aliphatic carbocycles. The fraction of sp³-hybridized carbons (Fsp3) is 0.591. The van der Waals surface area contributed by atoms with Crippen LogP contribution in [0, 0.1) is 11.8 Å². The fourth-order valence-corrected chi connectivity index (χ4v) is 2.10. The Labute approximate surface area is 148 Å². The molecule has 2 nitrogen and oxygen atoms in total. The normalized spacial score (nSPS) is 11.4. The van der Waals surface area contributed by atoms with E-state index in [9.17, 15) is 4.79 Å².